The molecule has 0 atom stereocenters. The lowest BCUT2D eigenvalue weighted by Gasteiger charge is -2.09. The molecule has 131 valence electrons. The number of esters is 2. The Kier molecular flexibility index (Phi) is 9.27. The van der Waals surface area contributed by atoms with E-state index in [1.165, 1.54) is 13.2 Å². The molecule has 0 aliphatic rings. The minimum atomic E-state index is -0.670. The van der Waals surface area contributed by atoms with Crippen molar-refractivity contribution >= 4 is 18.0 Å². The Morgan fingerprint density at radius 1 is 1.08 bits per heavy atom. The molecule has 0 unspecified atom stereocenters. The summed E-state index contributed by atoms with van der Waals surface area (Å²) in [7, 11) is 1.53. The molecule has 0 saturated heterocycles. The zero-order chi connectivity index (χ0) is 17.8. The maximum Gasteiger partial charge on any atom is 0.345 e. The molecule has 0 saturated carbocycles. The highest BCUT2D eigenvalue weighted by atomic mass is 16.6. The third kappa shape index (κ3) is 6.86. The van der Waals surface area contributed by atoms with Gasteiger partial charge in [0.2, 0.25) is 0 Å². The van der Waals surface area contributed by atoms with Crippen LogP contribution < -0.4 is 4.74 Å². The number of unbranched alkanes of at least 4 members (excludes halogenated alkanes) is 2. The second-order valence-electron chi connectivity index (χ2n) is 5.23. The maximum atomic E-state index is 12.2. The predicted octanol–water partition coefficient (Wildman–Crippen LogP) is 3.57. The minimum Gasteiger partial charge on any atom is -0.496 e. The number of hydrogen-bond acceptors (Lipinski definition) is 5. The van der Waals surface area contributed by atoms with Crippen molar-refractivity contribution in [2.24, 2.45) is 0 Å². The third-order valence-corrected chi connectivity index (χ3v) is 3.23. The zero-order valence-electron chi connectivity index (χ0n) is 14.6. The average Bonchev–Trinajstić information content (AvgIpc) is 2.60. The summed E-state index contributed by atoms with van der Waals surface area (Å²) in [6, 6.07) is 7.95. The lowest BCUT2D eigenvalue weighted by atomic mass is 10.1. The van der Waals surface area contributed by atoms with Gasteiger partial charge in [0.15, 0.2) is 0 Å². The van der Waals surface area contributed by atoms with Crippen LogP contribution in [-0.2, 0) is 19.1 Å². The average molecular weight is 333 g/mol. The topological polar surface area (TPSA) is 61.8 Å². The van der Waals surface area contributed by atoms with Gasteiger partial charge in [-0.25, -0.2) is 9.59 Å². The Bertz CT molecular complexity index is 539. The molecule has 0 aromatic heterocycles. The van der Waals surface area contributed by atoms with Crippen LogP contribution in [0.3, 0.4) is 0 Å². The Labute approximate surface area is 143 Å². The van der Waals surface area contributed by atoms with E-state index in [4.69, 9.17) is 14.2 Å². The van der Waals surface area contributed by atoms with Crippen LogP contribution in [0.5, 0.6) is 5.75 Å². The van der Waals surface area contributed by atoms with Crippen molar-refractivity contribution in [3.8, 4) is 5.75 Å². The summed E-state index contributed by atoms with van der Waals surface area (Å²) in [5, 5.41) is 0. The van der Waals surface area contributed by atoms with Crippen molar-refractivity contribution < 1.29 is 23.8 Å². The number of carbonyl (C=O) groups is 2. The van der Waals surface area contributed by atoms with Gasteiger partial charge in [0.1, 0.15) is 11.3 Å². The van der Waals surface area contributed by atoms with Gasteiger partial charge in [0.25, 0.3) is 0 Å². The Balaban J connectivity index is 2.95. The number of hydrogen-bond donors (Lipinski definition) is 0. The molecule has 0 aliphatic carbocycles. The van der Waals surface area contributed by atoms with Crippen LogP contribution in [0.1, 0.15) is 45.1 Å². The number of benzene rings is 1. The first-order chi connectivity index (χ1) is 11.6. The summed E-state index contributed by atoms with van der Waals surface area (Å²) in [6.45, 7) is 4.55. The summed E-state index contributed by atoms with van der Waals surface area (Å²) in [6.07, 6.45) is 4.76. The van der Waals surface area contributed by atoms with Gasteiger partial charge in [-0.3, -0.25) is 0 Å². The molecule has 0 heterocycles. The van der Waals surface area contributed by atoms with Crippen LogP contribution in [0.4, 0.5) is 0 Å². The van der Waals surface area contributed by atoms with Gasteiger partial charge in [0, 0.05) is 6.07 Å². The van der Waals surface area contributed by atoms with Gasteiger partial charge < -0.3 is 14.2 Å². The van der Waals surface area contributed by atoms with E-state index in [0.29, 0.717) is 11.3 Å². The number of carbonyl (C=O) groups excluding carboxylic acids is 2. The van der Waals surface area contributed by atoms with Crippen LogP contribution in [0.15, 0.2) is 23.8 Å². The van der Waals surface area contributed by atoms with Gasteiger partial charge in [-0.2, -0.15) is 0 Å². The van der Waals surface area contributed by atoms with Crippen LogP contribution >= 0.6 is 0 Å². The molecule has 1 rings (SSSR count). The summed E-state index contributed by atoms with van der Waals surface area (Å²) in [5.41, 5.74) is 0.524. The molecule has 1 aromatic rings. The molecule has 5 heteroatoms. The van der Waals surface area contributed by atoms with E-state index in [9.17, 15) is 9.59 Å². The quantitative estimate of drug-likeness (QED) is 0.215. The molecule has 0 aliphatic heterocycles. The molecular weight excluding hydrogens is 308 g/mol. The van der Waals surface area contributed by atoms with Gasteiger partial charge in [-0.1, -0.05) is 32.8 Å². The highest BCUT2D eigenvalue weighted by Crippen LogP contribution is 2.16. The normalized spacial score (nSPS) is 9.96. The summed E-state index contributed by atoms with van der Waals surface area (Å²) in [4.78, 5) is 24.4. The van der Waals surface area contributed by atoms with Crippen molar-refractivity contribution in [2.45, 2.75) is 39.5 Å². The fourth-order valence-corrected chi connectivity index (χ4v) is 1.81. The highest BCUT2D eigenvalue weighted by molar-refractivity contribution is 6.17. The molecule has 0 amide bonds. The Morgan fingerprint density at radius 2 is 1.67 bits per heavy atom. The highest BCUT2D eigenvalue weighted by Gasteiger charge is 2.21. The fourth-order valence-electron chi connectivity index (χ4n) is 1.81. The van der Waals surface area contributed by atoms with Crippen molar-refractivity contribution in [2.75, 3.05) is 20.3 Å². The molecule has 1 radical (unpaired) electrons. The largest absolute Gasteiger partial charge is 0.496 e. The van der Waals surface area contributed by atoms with Crippen LogP contribution in [-0.4, -0.2) is 32.3 Å². The first-order valence-electron chi connectivity index (χ1n) is 8.24. The second kappa shape index (κ2) is 11.3. The molecule has 0 bridgehead atoms. The van der Waals surface area contributed by atoms with Gasteiger partial charge >= 0.3 is 11.9 Å². The zero-order valence-corrected chi connectivity index (χ0v) is 14.6. The van der Waals surface area contributed by atoms with Crippen molar-refractivity contribution in [3.05, 3.63) is 35.4 Å². The van der Waals surface area contributed by atoms with Gasteiger partial charge in [-0.15, -0.1) is 0 Å². The van der Waals surface area contributed by atoms with Crippen LogP contribution in [0.25, 0.3) is 6.08 Å². The molecular formula is C19H25O5. The van der Waals surface area contributed by atoms with E-state index in [0.717, 1.165) is 25.7 Å². The third-order valence-electron chi connectivity index (χ3n) is 3.23. The lowest BCUT2D eigenvalue weighted by Crippen LogP contribution is -2.19. The molecule has 24 heavy (non-hydrogen) atoms. The van der Waals surface area contributed by atoms with E-state index in [-0.39, 0.29) is 18.8 Å². The molecule has 0 fully saturated rings. The first kappa shape index (κ1) is 19.7. The number of methoxy groups -OCH3 is 1. The van der Waals surface area contributed by atoms with E-state index < -0.39 is 11.9 Å². The molecule has 1 aromatic carbocycles. The minimum absolute atomic E-state index is 0.115. The SMILES string of the molecule is CCCCOC(=O)C(=Cc1cc[c]c(OC)c1)C(=O)OCCCC. The monoisotopic (exact) mass is 333 g/mol. The standard InChI is InChI=1S/C19H25O5/c1-4-6-11-23-18(20)17(19(21)24-12-7-5-2)14-15-9-8-10-16(13-15)22-3/h8-9,13-14H,4-7,11-12H2,1-3H3. The van der Waals surface area contributed by atoms with E-state index in [1.54, 1.807) is 18.2 Å². The van der Waals surface area contributed by atoms with Crippen LogP contribution in [0.2, 0.25) is 0 Å². The Morgan fingerprint density at radius 3 is 2.17 bits per heavy atom. The summed E-state index contributed by atoms with van der Waals surface area (Å²) < 4.78 is 15.4. The first-order valence-corrected chi connectivity index (χ1v) is 8.24. The van der Waals surface area contributed by atoms with Crippen LogP contribution in [0, 0.1) is 6.07 Å². The van der Waals surface area contributed by atoms with Crippen molar-refractivity contribution in [1.82, 2.24) is 0 Å². The van der Waals surface area contributed by atoms with E-state index >= 15 is 0 Å². The predicted molar refractivity (Wildman–Crippen MR) is 91.5 cm³/mol. The smallest absolute Gasteiger partial charge is 0.345 e. The molecule has 0 N–H and O–H groups in total. The van der Waals surface area contributed by atoms with E-state index in [1.807, 2.05) is 13.8 Å². The number of rotatable bonds is 10. The van der Waals surface area contributed by atoms with E-state index in [2.05, 4.69) is 6.07 Å². The maximum absolute atomic E-state index is 12.2. The van der Waals surface area contributed by atoms with Gasteiger partial charge in [-0.05, 0) is 36.6 Å². The molecule has 0 spiro atoms. The summed E-state index contributed by atoms with van der Waals surface area (Å²) >= 11 is 0. The van der Waals surface area contributed by atoms with Crippen molar-refractivity contribution in [3.63, 3.8) is 0 Å². The number of ether oxygens (including phenoxy) is 3. The summed E-state index contributed by atoms with van der Waals surface area (Å²) in [5.74, 6) is -0.824. The molecule has 5 nitrogen and oxygen atoms in total. The Hall–Kier alpha value is -2.30. The van der Waals surface area contributed by atoms with Crippen molar-refractivity contribution in [1.29, 1.82) is 0 Å². The van der Waals surface area contributed by atoms with Gasteiger partial charge in [0.05, 0.1) is 20.3 Å². The fraction of sp³-hybridized carbons (Fsp3) is 0.474. The lowest BCUT2D eigenvalue weighted by molar-refractivity contribution is -0.147. The second-order valence-corrected chi connectivity index (χ2v) is 5.23.